The van der Waals surface area contributed by atoms with E-state index in [9.17, 15) is 0 Å². The first-order chi connectivity index (χ1) is 12.7. The second-order valence-corrected chi connectivity index (χ2v) is 6.91. The predicted octanol–water partition coefficient (Wildman–Crippen LogP) is 4.37. The van der Waals surface area contributed by atoms with Gasteiger partial charge in [0.1, 0.15) is 5.75 Å². The van der Waals surface area contributed by atoms with E-state index in [1.54, 1.807) is 7.11 Å². The molecule has 1 fully saturated rings. The SMILES string of the molecule is COc1ccc(CNC(=S)NN=C2CCC(c3ccccc3)CC2)cc1. The Balaban J connectivity index is 1.41. The van der Waals surface area contributed by atoms with Gasteiger partial charge in [0.25, 0.3) is 0 Å². The average molecular weight is 368 g/mol. The fourth-order valence-corrected chi connectivity index (χ4v) is 3.33. The van der Waals surface area contributed by atoms with Crippen LogP contribution in [0, 0.1) is 0 Å². The van der Waals surface area contributed by atoms with Crippen molar-refractivity contribution in [2.45, 2.75) is 38.1 Å². The zero-order valence-electron chi connectivity index (χ0n) is 15.1. The summed E-state index contributed by atoms with van der Waals surface area (Å²) in [4.78, 5) is 0. The normalized spacial score (nSPS) is 16.7. The number of benzene rings is 2. The number of ether oxygens (including phenoxy) is 1. The Morgan fingerprint density at radius 1 is 1.08 bits per heavy atom. The summed E-state index contributed by atoms with van der Waals surface area (Å²) in [6.45, 7) is 0.663. The molecule has 4 nitrogen and oxygen atoms in total. The van der Waals surface area contributed by atoms with Gasteiger partial charge in [0, 0.05) is 12.3 Å². The second kappa shape index (κ2) is 9.34. The maximum absolute atomic E-state index is 5.32. The van der Waals surface area contributed by atoms with Gasteiger partial charge in [0.15, 0.2) is 5.11 Å². The minimum absolute atomic E-state index is 0.554. The fourth-order valence-electron chi connectivity index (χ4n) is 3.22. The highest BCUT2D eigenvalue weighted by atomic mass is 32.1. The second-order valence-electron chi connectivity index (χ2n) is 6.51. The van der Waals surface area contributed by atoms with Crippen LogP contribution in [0.15, 0.2) is 59.7 Å². The van der Waals surface area contributed by atoms with Gasteiger partial charge in [-0.15, -0.1) is 0 Å². The van der Waals surface area contributed by atoms with Gasteiger partial charge in [0.05, 0.1) is 7.11 Å². The molecule has 0 aliphatic heterocycles. The molecule has 26 heavy (non-hydrogen) atoms. The first-order valence-corrected chi connectivity index (χ1v) is 9.42. The van der Waals surface area contributed by atoms with Crippen LogP contribution in [0.25, 0.3) is 0 Å². The highest BCUT2D eigenvalue weighted by molar-refractivity contribution is 7.80. The lowest BCUT2D eigenvalue weighted by Crippen LogP contribution is -2.32. The monoisotopic (exact) mass is 367 g/mol. The largest absolute Gasteiger partial charge is 0.497 e. The molecule has 0 atom stereocenters. The minimum atomic E-state index is 0.554. The van der Waals surface area contributed by atoms with E-state index in [2.05, 4.69) is 46.2 Å². The summed E-state index contributed by atoms with van der Waals surface area (Å²) in [6.07, 6.45) is 4.34. The van der Waals surface area contributed by atoms with E-state index in [1.165, 1.54) is 11.3 Å². The number of hydrogen-bond donors (Lipinski definition) is 2. The number of methoxy groups -OCH3 is 1. The van der Waals surface area contributed by atoms with Crippen molar-refractivity contribution in [1.82, 2.24) is 10.7 Å². The van der Waals surface area contributed by atoms with Crippen molar-refractivity contribution in [3.63, 3.8) is 0 Å². The summed E-state index contributed by atoms with van der Waals surface area (Å²) < 4.78 is 5.16. The van der Waals surface area contributed by atoms with Crippen molar-refractivity contribution in [2.24, 2.45) is 5.10 Å². The average Bonchev–Trinajstić information content (AvgIpc) is 2.72. The summed E-state index contributed by atoms with van der Waals surface area (Å²) in [5, 5.41) is 8.23. The quantitative estimate of drug-likeness (QED) is 0.608. The van der Waals surface area contributed by atoms with Crippen molar-refractivity contribution in [3.05, 3.63) is 65.7 Å². The van der Waals surface area contributed by atoms with Crippen LogP contribution in [-0.2, 0) is 6.54 Å². The summed E-state index contributed by atoms with van der Waals surface area (Å²) in [5.41, 5.74) is 6.77. The zero-order valence-corrected chi connectivity index (χ0v) is 15.9. The van der Waals surface area contributed by atoms with Crippen LogP contribution in [0.4, 0.5) is 0 Å². The third-order valence-electron chi connectivity index (χ3n) is 4.76. The van der Waals surface area contributed by atoms with Gasteiger partial charge in [0.2, 0.25) is 0 Å². The molecule has 2 aromatic carbocycles. The number of hydrazone groups is 1. The number of hydrogen-bond acceptors (Lipinski definition) is 3. The van der Waals surface area contributed by atoms with E-state index in [4.69, 9.17) is 17.0 Å². The van der Waals surface area contributed by atoms with Crippen LogP contribution in [0.2, 0.25) is 0 Å². The van der Waals surface area contributed by atoms with Crippen LogP contribution >= 0.6 is 12.2 Å². The van der Waals surface area contributed by atoms with Crippen molar-refractivity contribution >= 4 is 23.0 Å². The Labute approximate surface area is 160 Å². The Bertz CT molecular complexity index is 734. The maximum atomic E-state index is 5.32. The smallest absolute Gasteiger partial charge is 0.187 e. The molecule has 136 valence electrons. The minimum Gasteiger partial charge on any atom is -0.497 e. The highest BCUT2D eigenvalue weighted by Gasteiger charge is 2.19. The highest BCUT2D eigenvalue weighted by Crippen LogP contribution is 2.31. The fraction of sp³-hybridized carbons (Fsp3) is 0.333. The summed E-state index contributed by atoms with van der Waals surface area (Å²) >= 11 is 5.32. The van der Waals surface area contributed by atoms with Gasteiger partial charge in [-0.1, -0.05) is 42.5 Å². The van der Waals surface area contributed by atoms with Crippen LogP contribution in [0.1, 0.15) is 42.7 Å². The van der Waals surface area contributed by atoms with Crippen molar-refractivity contribution < 1.29 is 4.74 Å². The van der Waals surface area contributed by atoms with Crippen molar-refractivity contribution in [2.75, 3.05) is 7.11 Å². The van der Waals surface area contributed by atoms with Gasteiger partial charge in [-0.3, -0.25) is 5.43 Å². The molecule has 0 bridgehead atoms. The Morgan fingerprint density at radius 3 is 2.42 bits per heavy atom. The molecule has 2 N–H and O–H groups in total. The van der Waals surface area contributed by atoms with Crippen molar-refractivity contribution in [1.29, 1.82) is 0 Å². The van der Waals surface area contributed by atoms with E-state index < -0.39 is 0 Å². The number of rotatable bonds is 5. The predicted molar refractivity (Wildman–Crippen MR) is 111 cm³/mol. The number of nitrogens with zero attached hydrogens (tertiary/aromatic N) is 1. The van der Waals surface area contributed by atoms with Crippen molar-refractivity contribution in [3.8, 4) is 5.75 Å². The number of nitrogens with one attached hydrogen (secondary N) is 2. The van der Waals surface area contributed by atoms with Crippen LogP contribution in [0.3, 0.4) is 0 Å². The van der Waals surface area contributed by atoms with Gasteiger partial charge in [-0.05, 0) is 67.1 Å². The van der Waals surface area contributed by atoms with E-state index in [1.807, 2.05) is 24.3 Å². The lowest BCUT2D eigenvalue weighted by Gasteiger charge is -2.23. The molecule has 0 radical (unpaired) electrons. The molecule has 3 rings (SSSR count). The van der Waals surface area contributed by atoms with Gasteiger partial charge >= 0.3 is 0 Å². The standard InChI is InChI=1S/C21H25N3OS/c1-25-20-13-7-16(8-14-20)15-22-21(26)24-23-19-11-9-18(10-12-19)17-5-3-2-4-6-17/h2-8,13-14,18H,9-12,15H2,1H3,(H2,22,24,26). The first kappa shape index (κ1) is 18.4. The van der Waals surface area contributed by atoms with E-state index >= 15 is 0 Å². The van der Waals surface area contributed by atoms with Gasteiger partial charge in [-0.25, -0.2) is 0 Å². The van der Waals surface area contributed by atoms with Crippen LogP contribution in [-0.4, -0.2) is 17.9 Å². The molecule has 2 aromatic rings. The number of thiocarbonyl (C=S) groups is 1. The van der Waals surface area contributed by atoms with Gasteiger partial charge in [-0.2, -0.15) is 5.10 Å². The van der Waals surface area contributed by atoms with Gasteiger partial charge < -0.3 is 10.1 Å². The molecular weight excluding hydrogens is 342 g/mol. The lowest BCUT2D eigenvalue weighted by molar-refractivity contribution is 0.414. The molecule has 1 saturated carbocycles. The molecule has 0 aromatic heterocycles. The van der Waals surface area contributed by atoms with E-state index in [0.717, 1.165) is 37.0 Å². The Morgan fingerprint density at radius 2 is 1.77 bits per heavy atom. The lowest BCUT2D eigenvalue weighted by atomic mass is 9.83. The third-order valence-corrected chi connectivity index (χ3v) is 5.00. The first-order valence-electron chi connectivity index (χ1n) is 9.02. The van der Waals surface area contributed by atoms with Crippen LogP contribution < -0.4 is 15.5 Å². The molecule has 0 saturated heterocycles. The zero-order chi connectivity index (χ0) is 18.2. The van der Waals surface area contributed by atoms with E-state index in [-0.39, 0.29) is 0 Å². The molecule has 1 aliphatic carbocycles. The summed E-state index contributed by atoms with van der Waals surface area (Å²) in [7, 11) is 1.67. The molecule has 1 aliphatic rings. The molecule has 0 spiro atoms. The van der Waals surface area contributed by atoms with Crippen LogP contribution in [0.5, 0.6) is 5.75 Å². The Kier molecular flexibility index (Phi) is 6.61. The molecular formula is C21H25N3OS. The molecule has 0 amide bonds. The molecule has 5 heteroatoms. The maximum Gasteiger partial charge on any atom is 0.187 e. The summed E-state index contributed by atoms with van der Waals surface area (Å²) in [5.74, 6) is 1.50. The molecule has 0 unspecified atom stereocenters. The third kappa shape index (κ3) is 5.30. The van der Waals surface area contributed by atoms with E-state index in [0.29, 0.717) is 17.6 Å². The summed E-state index contributed by atoms with van der Waals surface area (Å²) in [6, 6.07) is 18.7. The molecule has 0 heterocycles. The Hall–Kier alpha value is -2.40. The topological polar surface area (TPSA) is 45.6 Å².